The Morgan fingerprint density at radius 3 is 2.83 bits per heavy atom. The molecule has 18 heavy (non-hydrogen) atoms. The van der Waals surface area contributed by atoms with Crippen LogP contribution < -0.4 is 0 Å². The molecule has 2 heterocycles. The SMILES string of the molecule is Cc1ccc(-c2csc3nc(CO)cn23)cc1C. The Balaban J connectivity index is 2.18. The first-order valence-corrected chi connectivity index (χ1v) is 6.71. The quantitative estimate of drug-likeness (QED) is 0.766. The highest BCUT2D eigenvalue weighted by Crippen LogP contribution is 2.27. The monoisotopic (exact) mass is 258 g/mol. The molecule has 0 aliphatic heterocycles. The van der Waals surface area contributed by atoms with Crippen LogP contribution in [0.25, 0.3) is 16.2 Å². The summed E-state index contributed by atoms with van der Waals surface area (Å²) in [6, 6.07) is 6.45. The predicted molar refractivity (Wildman–Crippen MR) is 73.9 cm³/mol. The smallest absolute Gasteiger partial charge is 0.194 e. The van der Waals surface area contributed by atoms with Gasteiger partial charge in [-0.25, -0.2) is 4.98 Å². The average molecular weight is 258 g/mol. The fourth-order valence-corrected chi connectivity index (χ4v) is 2.92. The summed E-state index contributed by atoms with van der Waals surface area (Å²) < 4.78 is 2.04. The molecule has 0 unspecified atom stereocenters. The van der Waals surface area contributed by atoms with Gasteiger partial charge in [-0.3, -0.25) is 4.40 Å². The number of benzene rings is 1. The van der Waals surface area contributed by atoms with Gasteiger partial charge in [-0.1, -0.05) is 12.1 Å². The fourth-order valence-electron chi connectivity index (χ4n) is 2.01. The molecule has 4 heteroatoms. The molecule has 0 atom stereocenters. The van der Waals surface area contributed by atoms with Gasteiger partial charge >= 0.3 is 0 Å². The van der Waals surface area contributed by atoms with E-state index in [2.05, 4.69) is 42.4 Å². The molecule has 1 aromatic carbocycles. The molecule has 0 saturated carbocycles. The van der Waals surface area contributed by atoms with Crippen LogP contribution in [0.4, 0.5) is 0 Å². The molecular formula is C14H14N2OS. The minimum absolute atomic E-state index is 0.0131. The van der Waals surface area contributed by atoms with Gasteiger partial charge in [0, 0.05) is 11.6 Å². The van der Waals surface area contributed by atoms with Gasteiger partial charge in [0.25, 0.3) is 0 Å². The molecule has 3 aromatic rings. The van der Waals surface area contributed by atoms with Crippen LogP contribution in [-0.4, -0.2) is 14.5 Å². The molecule has 0 fully saturated rings. The van der Waals surface area contributed by atoms with Gasteiger partial charge in [-0.2, -0.15) is 0 Å². The van der Waals surface area contributed by atoms with E-state index in [1.807, 2.05) is 10.6 Å². The molecule has 0 spiro atoms. The van der Waals surface area contributed by atoms with Crippen molar-refractivity contribution >= 4 is 16.3 Å². The van der Waals surface area contributed by atoms with Gasteiger partial charge in [0.1, 0.15) is 0 Å². The molecule has 0 bridgehead atoms. The molecule has 0 aliphatic rings. The van der Waals surface area contributed by atoms with Crippen LogP contribution in [0.5, 0.6) is 0 Å². The van der Waals surface area contributed by atoms with Gasteiger partial charge in [-0.15, -0.1) is 11.3 Å². The van der Waals surface area contributed by atoms with Crippen molar-refractivity contribution in [2.75, 3.05) is 0 Å². The van der Waals surface area contributed by atoms with Gasteiger partial charge < -0.3 is 5.11 Å². The molecule has 0 saturated heterocycles. The van der Waals surface area contributed by atoms with Gasteiger partial charge in [0.05, 0.1) is 18.0 Å². The summed E-state index contributed by atoms with van der Waals surface area (Å²) >= 11 is 1.60. The van der Waals surface area contributed by atoms with Crippen LogP contribution in [-0.2, 0) is 6.61 Å². The number of nitrogens with zero attached hydrogens (tertiary/aromatic N) is 2. The molecule has 0 radical (unpaired) electrons. The number of aromatic nitrogens is 2. The Morgan fingerprint density at radius 1 is 1.28 bits per heavy atom. The van der Waals surface area contributed by atoms with Crippen LogP contribution in [0.1, 0.15) is 16.8 Å². The number of imidazole rings is 1. The predicted octanol–water partition coefficient (Wildman–Crippen LogP) is 3.17. The second-order valence-electron chi connectivity index (χ2n) is 4.46. The number of hydrogen-bond acceptors (Lipinski definition) is 3. The van der Waals surface area contributed by atoms with Crippen molar-refractivity contribution in [1.82, 2.24) is 9.38 Å². The van der Waals surface area contributed by atoms with Crippen molar-refractivity contribution in [2.24, 2.45) is 0 Å². The molecule has 2 aromatic heterocycles. The van der Waals surface area contributed by atoms with Crippen LogP contribution in [0.2, 0.25) is 0 Å². The van der Waals surface area contributed by atoms with Gasteiger partial charge in [0.2, 0.25) is 0 Å². The lowest BCUT2D eigenvalue weighted by atomic mass is 10.0. The number of hydrogen-bond donors (Lipinski definition) is 1. The summed E-state index contributed by atoms with van der Waals surface area (Å²) in [6.45, 7) is 4.22. The molecule has 92 valence electrons. The van der Waals surface area contributed by atoms with Crippen molar-refractivity contribution < 1.29 is 5.11 Å². The summed E-state index contributed by atoms with van der Waals surface area (Å²) in [7, 11) is 0. The summed E-state index contributed by atoms with van der Waals surface area (Å²) in [5, 5.41) is 11.2. The summed E-state index contributed by atoms with van der Waals surface area (Å²) in [4.78, 5) is 5.27. The lowest BCUT2D eigenvalue weighted by molar-refractivity contribution is 0.277. The lowest BCUT2D eigenvalue weighted by Crippen LogP contribution is -1.87. The van der Waals surface area contributed by atoms with E-state index in [9.17, 15) is 0 Å². The highest BCUT2D eigenvalue weighted by molar-refractivity contribution is 7.15. The largest absolute Gasteiger partial charge is 0.390 e. The minimum Gasteiger partial charge on any atom is -0.390 e. The average Bonchev–Trinajstić information content (AvgIpc) is 2.92. The zero-order valence-electron chi connectivity index (χ0n) is 10.3. The maximum atomic E-state index is 9.13. The van der Waals surface area contributed by atoms with Crippen LogP contribution in [0.15, 0.2) is 29.8 Å². The number of fused-ring (bicyclic) bond motifs is 1. The molecule has 0 aliphatic carbocycles. The minimum atomic E-state index is -0.0131. The summed E-state index contributed by atoms with van der Waals surface area (Å²) in [6.07, 6.45) is 1.90. The number of aryl methyl sites for hydroxylation is 2. The molecule has 0 amide bonds. The van der Waals surface area contributed by atoms with Crippen molar-refractivity contribution in [3.63, 3.8) is 0 Å². The number of rotatable bonds is 2. The third kappa shape index (κ3) is 1.74. The second-order valence-corrected chi connectivity index (χ2v) is 5.30. The van der Waals surface area contributed by atoms with E-state index in [1.165, 1.54) is 16.7 Å². The zero-order valence-corrected chi connectivity index (χ0v) is 11.2. The van der Waals surface area contributed by atoms with Crippen molar-refractivity contribution in [2.45, 2.75) is 20.5 Å². The molecule has 3 rings (SSSR count). The first-order valence-electron chi connectivity index (χ1n) is 5.83. The Kier molecular flexibility index (Phi) is 2.69. The van der Waals surface area contributed by atoms with Crippen LogP contribution in [0.3, 0.4) is 0 Å². The van der Waals surface area contributed by atoms with E-state index >= 15 is 0 Å². The number of aliphatic hydroxyl groups excluding tert-OH is 1. The highest BCUT2D eigenvalue weighted by atomic mass is 32.1. The maximum absolute atomic E-state index is 9.13. The van der Waals surface area contributed by atoms with Crippen LogP contribution in [0, 0.1) is 13.8 Å². The van der Waals surface area contributed by atoms with E-state index in [4.69, 9.17) is 5.11 Å². The second kappa shape index (κ2) is 4.23. The van der Waals surface area contributed by atoms with E-state index in [1.54, 1.807) is 11.3 Å². The first-order chi connectivity index (χ1) is 8.69. The third-order valence-electron chi connectivity index (χ3n) is 3.22. The highest BCUT2D eigenvalue weighted by Gasteiger charge is 2.09. The standard InChI is InChI=1S/C14H14N2OS/c1-9-3-4-11(5-10(9)2)13-8-18-14-15-12(7-17)6-16(13)14/h3-6,8,17H,7H2,1-2H3. The number of aliphatic hydroxyl groups is 1. The van der Waals surface area contributed by atoms with E-state index in [0.717, 1.165) is 10.7 Å². The van der Waals surface area contributed by atoms with Crippen molar-refractivity contribution in [1.29, 1.82) is 0 Å². The number of thiazole rings is 1. The molecular weight excluding hydrogens is 244 g/mol. The van der Waals surface area contributed by atoms with E-state index in [0.29, 0.717) is 5.69 Å². The fraction of sp³-hybridized carbons (Fsp3) is 0.214. The van der Waals surface area contributed by atoms with E-state index < -0.39 is 0 Å². The van der Waals surface area contributed by atoms with Gasteiger partial charge in [0.15, 0.2) is 4.96 Å². The molecule has 1 N–H and O–H groups in total. The van der Waals surface area contributed by atoms with Crippen molar-refractivity contribution in [3.05, 3.63) is 46.6 Å². The van der Waals surface area contributed by atoms with Crippen molar-refractivity contribution in [3.8, 4) is 11.3 Å². The lowest BCUT2D eigenvalue weighted by Gasteiger charge is -2.04. The Labute approximate surface area is 109 Å². The summed E-state index contributed by atoms with van der Waals surface area (Å²) in [5.41, 5.74) is 5.62. The van der Waals surface area contributed by atoms with Gasteiger partial charge in [-0.05, 0) is 36.6 Å². The first kappa shape index (κ1) is 11.4. The zero-order chi connectivity index (χ0) is 12.7. The Morgan fingerprint density at radius 2 is 2.11 bits per heavy atom. The molecule has 3 nitrogen and oxygen atoms in total. The maximum Gasteiger partial charge on any atom is 0.194 e. The normalized spacial score (nSPS) is 11.3. The van der Waals surface area contributed by atoms with E-state index in [-0.39, 0.29) is 6.61 Å². The third-order valence-corrected chi connectivity index (χ3v) is 4.06. The van der Waals surface area contributed by atoms with Crippen LogP contribution >= 0.6 is 11.3 Å². The Hall–Kier alpha value is -1.65. The Bertz CT molecular complexity index is 712. The topological polar surface area (TPSA) is 37.5 Å². The summed E-state index contributed by atoms with van der Waals surface area (Å²) in [5.74, 6) is 0.